The summed E-state index contributed by atoms with van der Waals surface area (Å²) in [4.78, 5) is 22.6. The van der Waals surface area contributed by atoms with Crippen LogP contribution in [0.15, 0.2) is 42.5 Å². The van der Waals surface area contributed by atoms with Gasteiger partial charge in [0.15, 0.2) is 0 Å². The maximum atomic E-state index is 13.0. The Morgan fingerprint density at radius 1 is 1.25 bits per heavy atom. The van der Waals surface area contributed by atoms with E-state index in [9.17, 15) is 19.3 Å². The molecule has 2 aromatic rings. The molecule has 0 heterocycles. The van der Waals surface area contributed by atoms with Crippen molar-refractivity contribution in [3.8, 4) is 0 Å². The maximum absolute atomic E-state index is 13.0. The third kappa shape index (κ3) is 3.23. The zero-order chi connectivity index (χ0) is 17.3. The number of hydrogen-bond acceptors (Lipinski definition) is 3. The van der Waals surface area contributed by atoms with Crippen molar-refractivity contribution in [2.45, 2.75) is 18.3 Å². The van der Waals surface area contributed by atoms with Crippen LogP contribution in [0.1, 0.15) is 28.8 Å². The molecule has 1 aliphatic rings. The first-order valence-electron chi connectivity index (χ1n) is 7.39. The van der Waals surface area contributed by atoms with Crippen LogP contribution in [0.2, 0.25) is 5.02 Å². The highest BCUT2D eigenvalue weighted by Gasteiger charge is 2.44. The number of nitrogens with zero attached hydrogens (tertiary/aromatic N) is 1. The van der Waals surface area contributed by atoms with Gasteiger partial charge in [0.05, 0.1) is 15.5 Å². The van der Waals surface area contributed by atoms with Gasteiger partial charge in [0.2, 0.25) is 0 Å². The molecule has 24 heavy (non-hydrogen) atoms. The summed E-state index contributed by atoms with van der Waals surface area (Å²) in [7, 11) is 0. The van der Waals surface area contributed by atoms with Crippen molar-refractivity contribution in [2.24, 2.45) is 0 Å². The third-order valence-corrected chi connectivity index (χ3v) is 4.63. The molecule has 0 bridgehead atoms. The van der Waals surface area contributed by atoms with Gasteiger partial charge in [-0.3, -0.25) is 14.9 Å². The minimum atomic E-state index is -0.575. The fourth-order valence-corrected chi connectivity index (χ4v) is 2.87. The van der Waals surface area contributed by atoms with Crippen molar-refractivity contribution in [1.29, 1.82) is 0 Å². The van der Waals surface area contributed by atoms with Crippen LogP contribution in [-0.4, -0.2) is 17.4 Å². The number of hydrogen-bond donors (Lipinski definition) is 1. The van der Waals surface area contributed by atoms with Crippen LogP contribution in [0.25, 0.3) is 0 Å². The van der Waals surface area contributed by atoms with Gasteiger partial charge in [-0.2, -0.15) is 0 Å². The normalized spacial score (nSPS) is 14.9. The van der Waals surface area contributed by atoms with E-state index in [1.54, 1.807) is 12.1 Å². The second-order valence-corrected chi connectivity index (χ2v) is 6.30. The van der Waals surface area contributed by atoms with E-state index in [0.717, 1.165) is 24.5 Å². The van der Waals surface area contributed by atoms with Crippen molar-refractivity contribution in [2.75, 3.05) is 6.54 Å². The number of halogens is 2. The van der Waals surface area contributed by atoms with Gasteiger partial charge >= 0.3 is 0 Å². The Morgan fingerprint density at radius 2 is 1.92 bits per heavy atom. The predicted octanol–water partition coefficient (Wildman–Crippen LogP) is 3.85. The molecule has 5 nitrogen and oxygen atoms in total. The van der Waals surface area contributed by atoms with E-state index < -0.39 is 10.8 Å². The fraction of sp³-hybridized carbons (Fsp3) is 0.235. The van der Waals surface area contributed by atoms with Gasteiger partial charge in [-0.05, 0) is 36.6 Å². The first-order chi connectivity index (χ1) is 11.4. The first kappa shape index (κ1) is 16.4. The Hall–Kier alpha value is -2.47. The van der Waals surface area contributed by atoms with Crippen LogP contribution in [-0.2, 0) is 5.41 Å². The van der Waals surface area contributed by atoms with Crippen LogP contribution in [0.3, 0.4) is 0 Å². The number of non-ortho nitro benzene ring substituents is 1. The standard InChI is InChI=1S/C17H14ClFN2O3/c18-15-6-5-13(21(23)24)9-14(15)16(22)20-10-17(7-8-17)11-1-3-12(19)4-2-11/h1-6,9H,7-8,10H2,(H,20,22). The van der Waals surface area contributed by atoms with E-state index in [2.05, 4.69) is 5.32 Å². The summed E-state index contributed by atoms with van der Waals surface area (Å²) in [6.07, 6.45) is 1.78. The number of nitro groups is 1. The molecule has 1 N–H and O–H groups in total. The smallest absolute Gasteiger partial charge is 0.270 e. The summed E-state index contributed by atoms with van der Waals surface area (Å²) in [6.45, 7) is 0.372. The number of rotatable bonds is 5. The van der Waals surface area contributed by atoms with Gasteiger partial charge in [0.25, 0.3) is 11.6 Å². The van der Waals surface area contributed by atoms with Gasteiger partial charge in [-0.25, -0.2) is 4.39 Å². The molecule has 0 unspecified atom stereocenters. The van der Waals surface area contributed by atoms with Gasteiger partial charge in [0.1, 0.15) is 5.82 Å². The van der Waals surface area contributed by atoms with Gasteiger partial charge in [-0.1, -0.05) is 23.7 Å². The number of carbonyl (C=O) groups excluding carboxylic acids is 1. The lowest BCUT2D eigenvalue weighted by molar-refractivity contribution is -0.384. The summed E-state index contributed by atoms with van der Waals surface area (Å²) in [5.41, 5.74) is 0.649. The summed E-state index contributed by atoms with van der Waals surface area (Å²) in [5.74, 6) is -0.765. The molecule has 0 aromatic heterocycles. The molecule has 1 fully saturated rings. The monoisotopic (exact) mass is 348 g/mol. The van der Waals surface area contributed by atoms with Crippen LogP contribution in [0.4, 0.5) is 10.1 Å². The van der Waals surface area contributed by atoms with Crippen molar-refractivity contribution in [1.82, 2.24) is 5.32 Å². The van der Waals surface area contributed by atoms with Crippen LogP contribution >= 0.6 is 11.6 Å². The Balaban J connectivity index is 1.73. The Bertz CT molecular complexity index is 804. The zero-order valence-corrected chi connectivity index (χ0v) is 13.3. The Kier molecular flexibility index (Phi) is 4.24. The molecule has 1 saturated carbocycles. The fourth-order valence-electron chi connectivity index (χ4n) is 2.67. The molecule has 0 saturated heterocycles. The molecule has 0 spiro atoms. The minimum absolute atomic E-state index is 0.0702. The lowest BCUT2D eigenvalue weighted by Crippen LogP contribution is -2.32. The van der Waals surface area contributed by atoms with E-state index >= 15 is 0 Å². The number of carbonyl (C=O) groups is 1. The minimum Gasteiger partial charge on any atom is -0.351 e. The van der Waals surface area contributed by atoms with Crippen LogP contribution in [0.5, 0.6) is 0 Å². The third-order valence-electron chi connectivity index (χ3n) is 4.30. The molecule has 0 atom stereocenters. The summed E-state index contributed by atoms with van der Waals surface area (Å²) >= 11 is 5.97. The molecule has 0 radical (unpaired) electrons. The molecule has 7 heteroatoms. The van der Waals surface area contributed by atoms with Gasteiger partial charge in [0, 0.05) is 24.1 Å². The summed E-state index contributed by atoms with van der Waals surface area (Å²) in [6, 6.07) is 9.98. The van der Waals surface area contributed by atoms with Crippen LogP contribution in [0, 0.1) is 15.9 Å². The number of amides is 1. The lowest BCUT2D eigenvalue weighted by atomic mass is 9.96. The highest BCUT2D eigenvalue weighted by atomic mass is 35.5. The van der Waals surface area contributed by atoms with Gasteiger partial charge < -0.3 is 5.32 Å². The molecular formula is C17H14ClFN2O3. The lowest BCUT2D eigenvalue weighted by Gasteiger charge is -2.17. The molecule has 1 amide bonds. The second-order valence-electron chi connectivity index (χ2n) is 5.89. The largest absolute Gasteiger partial charge is 0.351 e. The highest BCUT2D eigenvalue weighted by Crippen LogP contribution is 2.47. The van der Waals surface area contributed by atoms with Crippen LogP contribution < -0.4 is 5.32 Å². The Labute approximate surface area is 142 Å². The first-order valence-corrected chi connectivity index (χ1v) is 7.77. The molecule has 124 valence electrons. The number of benzene rings is 2. The number of nitrogens with one attached hydrogen (secondary N) is 1. The maximum Gasteiger partial charge on any atom is 0.270 e. The molecular weight excluding hydrogens is 335 g/mol. The molecule has 1 aliphatic carbocycles. The van der Waals surface area contributed by atoms with E-state index in [4.69, 9.17) is 11.6 Å². The highest BCUT2D eigenvalue weighted by molar-refractivity contribution is 6.33. The van der Waals surface area contributed by atoms with Crippen molar-refractivity contribution < 1.29 is 14.1 Å². The van der Waals surface area contributed by atoms with E-state index in [1.165, 1.54) is 24.3 Å². The van der Waals surface area contributed by atoms with E-state index in [1.807, 2.05) is 0 Å². The average Bonchev–Trinajstić information content (AvgIpc) is 3.34. The molecule has 2 aromatic carbocycles. The van der Waals surface area contributed by atoms with Crippen molar-refractivity contribution in [3.05, 3.63) is 74.5 Å². The zero-order valence-electron chi connectivity index (χ0n) is 12.6. The summed E-state index contributed by atoms with van der Waals surface area (Å²) < 4.78 is 13.0. The summed E-state index contributed by atoms with van der Waals surface area (Å²) in [5, 5.41) is 13.8. The molecule has 3 rings (SSSR count). The van der Waals surface area contributed by atoms with Gasteiger partial charge in [-0.15, -0.1) is 0 Å². The Morgan fingerprint density at radius 3 is 2.50 bits per heavy atom. The quantitative estimate of drug-likeness (QED) is 0.659. The van der Waals surface area contributed by atoms with Crippen molar-refractivity contribution >= 4 is 23.2 Å². The van der Waals surface area contributed by atoms with Crippen molar-refractivity contribution in [3.63, 3.8) is 0 Å². The average molecular weight is 349 g/mol. The van der Waals surface area contributed by atoms with E-state index in [-0.39, 0.29) is 27.5 Å². The second kappa shape index (κ2) is 6.20. The molecule has 0 aliphatic heterocycles. The van der Waals surface area contributed by atoms with E-state index in [0.29, 0.717) is 6.54 Å². The topological polar surface area (TPSA) is 72.2 Å². The predicted molar refractivity (Wildman–Crippen MR) is 87.8 cm³/mol. The number of nitro benzene ring substituents is 1. The SMILES string of the molecule is O=C(NCC1(c2ccc(F)cc2)CC1)c1cc([N+](=O)[O-])ccc1Cl.